The largest absolute Gasteiger partial charge is 0.379 e. The van der Waals surface area contributed by atoms with E-state index in [9.17, 15) is 4.79 Å². The summed E-state index contributed by atoms with van der Waals surface area (Å²) < 4.78 is 11.5. The Hall–Kier alpha value is -1.39. The molecule has 24 heavy (non-hydrogen) atoms. The van der Waals surface area contributed by atoms with E-state index < -0.39 is 0 Å². The quantitative estimate of drug-likeness (QED) is 0.855. The second-order valence-corrected chi connectivity index (χ2v) is 7.68. The van der Waals surface area contributed by atoms with E-state index in [0.29, 0.717) is 24.9 Å². The summed E-state index contributed by atoms with van der Waals surface area (Å²) in [4.78, 5) is 14.7. The molecule has 2 aliphatic heterocycles. The normalized spacial score (nSPS) is 26.0. The Balaban J connectivity index is 1.28. The number of likely N-dealkylation sites (tertiary alicyclic amines) is 1. The third-order valence-corrected chi connectivity index (χ3v) is 6.13. The minimum Gasteiger partial charge on any atom is -0.379 e. The van der Waals surface area contributed by atoms with Crippen LogP contribution >= 0.6 is 0 Å². The monoisotopic (exact) mass is 329 g/mol. The number of rotatable bonds is 3. The first-order valence-corrected chi connectivity index (χ1v) is 9.19. The zero-order valence-corrected chi connectivity index (χ0v) is 14.5. The first kappa shape index (κ1) is 16.1. The van der Waals surface area contributed by atoms with Gasteiger partial charge in [-0.25, -0.2) is 0 Å². The Labute approximate surface area is 144 Å². The van der Waals surface area contributed by atoms with Crippen molar-refractivity contribution >= 4 is 5.91 Å². The standard InChI is InChI=1S/C20H27NO3/c1-23-18-13-20(24-14-18)6-8-21(9-7-20)19(22)12-15-10-16-4-2-3-5-17(16)11-15/h2-5,15,18H,6-14H2,1H3/t18-/m1/s1. The summed E-state index contributed by atoms with van der Waals surface area (Å²) in [5, 5.41) is 0. The zero-order valence-electron chi connectivity index (χ0n) is 14.5. The number of methoxy groups -OCH3 is 1. The van der Waals surface area contributed by atoms with Crippen LogP contribution in [-0.2, 0) is 27.1 Å². The van der Waals surface area contributed by atoms with E-state index >= 15 is 0 Å². The van der Waals surface area contributed by atoms with Crippen molar-refractivity contribution in [1.29, 1.82) is 0 Å². The van der Waals surface area contributed by atoms with E-state index in [0.717, 1.165) is 45.2 Å². The van der Waals surface area contributed by atoms with Crippen molar-refractivity contribution < 1.29 is 14.3 Å². The number of ether oxygens (including phenoxy) is 2. The minimum atomic E-state index is -0.0406. The number of hydrogen-bond donors (Lipinski definition) is 0. The van der Waals surface area contributed by atoms with Crippen LogP contribution in [-0.4, -0.2) is 49.3 Å². The molecule has 1 atom stereocenters. The lowest BCUT2D eigenvalue weighted by Crippen LogP contribution is -2.47. The Morgan fingerprint density at radius 1 is 1.25 bits per heavy atom. The predicted octanol–water partition coefficient (Wildman–Crippen LogP) is 2.59. The smallest absolute Gasteiger partial charge is 0.222 e. The third-order valence-electron chi connectivity index (χ3n) is 6.13. The molecule has 2 saturated heterocycles. The molecule has 1 aromatic carbocycles. The second-order valence-electron chi connectivity index (χ2n) is 7.68. The highest BCUT2D eigenvalue weighted by molar-refractivity contribution is 5.76. The van der Waals surface area contributed by atoms with Gasteiger partial charge in [-0.05, 0) is 42.7 Å². The first-order chi connectivity index (χ1) is 11.7. The Morgan fingerprint density at radius 3 is 2.50 bits per heavy atom. The number of carbonyl (C=O) groups is 1. The van der Waals surface area contributed by atoms with E-state index in [2.05, 4.69) is 29.2 Å². The summed E-state index contributed by atoms with van der Waals surface area (Å²) in [5.74, 6) is 0.801. The van der Waals surface area contributed by atoms with Crippen LogP contribution in [0.5, 0.6) is 0 Å². The second kappa shape index (κ2) is 6.49. The molecule has 130 valence electrons. The SMILES string of the molecule is CO[C@H]1COC2(CCN(C(=O)CC3Cc4ccccc4C3)CC2)C1. The molecular weight excluding hydrogens is 302 g/mol. The molecule has 0 saturated carbocycles. The Kier molecular flexibility index (Phi) is 4.35. The molecule has 1 amide bonds. The van der Waals surface area contributed by atoms with Crippen molar-refractivity contribution in [3.63, 3.8) is 0 Å². The fourth-order valence-electron chi connectivity index (χ4n) is 4.64. The summed E-state index contributed by atoms with van der Waals surface area (Å²) >= 11 is 0. The van der Waals surface area contributed by atoms with Gasteiger partial charge in [0.1, 0.15) is 0 Å². The van der Waals surface area contributed by atoms with Crippen LogP contribution in [0, 0.1) is 5.92 Å². The maximum atomic E-state index is 12.7. The van der Waals surface area contributed by atoms with Crippen molar-refractivity contribution in [2.75, 3.05) is 26.8 Å². The topological polar surface area (TPSA) is 38.8 Å². The van der Waals surface area contributed by atoms with Gasteiger partial charge in [0.2, 0.25) is 5.91 Å². The average Bonchev–Trinajstić information content (AvgIpc) is 3.19. The number of amides is 1. The van der Waals surface area contributed by atoms with Gasteiger partial charge in [-0.3, -0.25) is 4.79 Å². The van der Waals surface area contributed by atoms with Gasteiger partial charge in [0, 0.05) is 33.0 Å². The van der Waals surface area contributed by atoms with Crippen LogP contribution in [0.2, 0.25) is 0 Å². The van der Waals surface area contributed by atoms with Crippen molar-refractivity contribution in [2.24, 2.45) is 5.92 Å². The number of carbonyl (C=O) groups excluding carboxylic acids is 1. The maximum absolute atomic E-state index is 12.7. The molecule has 0 bridgehead atoms. The highest BCUT2D eigenvalue weighted by Crippen LogP contribution is 2.37. The van der Waals surface area contributed by atoms with Crippen LogP contribution in [0.4, 0.5) is 0 Å². The van der Waals surface area contributed by atoms with Crippen LogP contribution in [0.25, 0.3) is 0 Å². The Morgan fingerprint density at radius 2 is 1.92 bits per heavy atom. The van der Waals surface area contributed by atoms with Crippen LogP contribution in [0.3, 0.4) is 0 Å². The fourth-order valence-corrected chi connectivity index (χ4v) is 4.64. The lowest BCUT2D eigenvalue weighted by Gasteiger charge is -2.39. The van der Waals surface area contributed by atoms with Gasteiger partial charge >= 0.3 is 0 Å². The molecule has 1 aromatic rings. The highest BCUT2D eigenvalue weighted by atomic mass is 16.6. The van der Waals surface area contributed by atoms with E-state index in [1.807, 2.05) is 0 Å². The van der Waals surface area contributed by atoms with E-state index in [1.54, 1.807) is 7.11 Å². The molecule has 0 N–H and O–H groups in total. The van der Waals surface area contributed by atoms with Gasteiger partial charge in [0.05, 0.1) is 18.3 Å². The maximum Gasteiger partial charge on any atom is 0.222 e. The molecule has 0 aromatic heterocycles. The molecule has 4 rings (SSSR count). The minimum absolute atomic E-state index is 0.0406. The van der Waals surface area contributed by atoms with E-state index in [4.69, 9.17) is 9.47 Å². The van der Waals surface area contributed by atoms with Gasteiger partial charge in [0.15, 0.2) is 0 Å². The molecule has 0 radical (unpaired) electrons. The molecule has 1 spiro atoms. The van der Waals surface area contributed by atoms with Crippen molar-refractivity contribution in [3.05, 3.63) is 35.4 Å². The fraction of sp³-hybridized carbons (Fsp3) is 0.650. The number of fused-ring (bicyclic) bond motifs is 1. The summed E-state index contributed by atoms with van der Waals surface area (Å²) in [6, 6.07) is 8.60. The highest BCUT2D eigenvalue weighted by Gasteiger charge is 2.43. The predicted molar refractivity (Wildman–Crippen MR) is 91.9 cm³/mol. The Bertz CT molecular complexity index is 582. The third kappa shape index (κ3) is 3.09. The van der Waals surface area contributed by atoms with Crippen LogP contribution < -0.4 is 0 Å². The lowest BCUT2D eigenvalue weighted by molar-refractivity contribution is -0.136. The van der Waals surface area contributed by atoms with Gasteiger partial charge in [-0.1, -0.05) is 24.3 Å². The van der Waals surface area contributed by atoms with Gasteiger partial charge in [0.25, 0.3) is 0 Å². The van der Waals surface area contributed by atoms with Crippen molar-refractivity contribution in [2.45, 2.75) is 50.2 Å². The number of hydrogen-bond acceptors (Lipinski definition) is 3. The van der Waals surface area contributed by atoms with Gasteiger partial charge in [-0.15, -0.1) is 0 Å². The van der Waals surface area contributed by atoms with Gasteiger partial charge in [-0.2, -0.15) is 0 Å². The number of benzene rings is 1. The molecule has 4 nitrogen and oxygen atoms in total. The van der Waals surface area contributed by atoms with E-state index in [-0.39, 0.29) is 11.7 Å². The summed E-state index contributed by atoms with van der Waals surface area (Å²) in [5.41, 5.74) is 2.82. The average molecular weight is 329 g/mol. The molecule has 2 heterocycles. The zero-order chi connectivity index (χ0) is 16.6. The molecule has 3 aliphatic rings. The summed E-state index contributed by atoms with van der Waals surface area (Å²) in [6.45, 7) is 2.36. The van der Waals surface area contributed by atoms with Crippen molar-refractivity contribution in [3.8, 4) is 0 Å². The molecule has 4 heteroatoms. The number of piperidine rings is 1. The lowest BCUT2D eigenvalue weighted by atomic mass is 9.87. The van der Waals surface area contributed by atoms with Crippen LogP contribution in [0.15, 0.2) is 24.3 Å². The molecule has 0 unspecified atom stereocenters. The molecule has 2 fully saturated rings. The molecule has 1 aliphatic carbocycles. The summed E-state index contributed by atoms with van der Waals surface area (Å²) in [6.07, 6.45) is 5.89. The van der Waals surface area contributed by atoms with Crippen LogP contribution in [0.1, 0.15) is 36.8 Å². The number of nitrogens with zero attached hydrogens (tertiary/aromatic N) is 1. The molecular formula is C20H27NO3. The summed E-state index contributed by atoms with van der Waals surface area (Å²) in [7, 11) is 1.76. The first-order valence-electron chi connectivity index (χ1n) is 9.19. The van der Waals surface area contributed by atoms with Gasteiger partial charge < -0.3 is 14.4 Å². The van der Waals surface area contributed by atoms with E-state index in [1.165, 1.54) is 11.1 Å². The van der Waals surface area contributed by atoms with Crippen molar-refractivity contribution in [1.82, 2.24) is 4.90 Å².